The molecule has 6 heteroatoms. The predicted octanol–water partition coefficient (Wildman–Crippen LogP) is 3.55. The van der Waals surface area contributed by atoms with Gasteiger partial charge in [-0.15, -0.1) is 0 Å². The Morgan fingerprint density at radius 1 is 1.43 bits per heavy atom. The van der Waals surface area contributed by atoms with Crippen molar-refractivity contribution >= 4 is 39.0 Å². The van der Waals surface area contributed by atoms with E-state index in [-0.39, 0.29) is 5.91 Å². The molecular formula is C15H20BrN3O2. The van der Waals surface area contributed by atoms with Crippen LogP contribution in [0.4, 0.5) is 6.01 Å². The number of fused-ring (bicyclic) bond motifs is 1. The summed E-state index contributed by atoms with van der Waals surface area (Å²) in [6.07, 6.45) is 1.46. The summed E-state index contributed by atoms with van der Waals surface area (Å²) in [5.74, 6) is 0.406. The van der Waals surface area contributed by atoms with E-state index in [1.54, 1.807) is 0 Å². The minimum atomic E-state index is 0.107. The first-order valence-corrected chi connectivity index (χ1v) is 7.94. The highest BCUT2D eigenvalue weighted by Gasteiger charge is 2.09. The first-order chi connectivity index (χ1) is 10.1. The Kier molecular flexibility index (Phi) is 5.61. The average molecular weight is 354 g/mol. The molecule has 0 saturated heterocycles. The van der Waals surface area contributed by atoms with Gasteiger partial charge in [-0.25, -0.2) is 0 Å². The molecular weight excluding hydrogens is 334 g/mol. The van der Waals surface area contributed by atoms with E-state index in [0.717, 1.165) is 22.0 Å². The molecule has 114 valence electrons. The average Bonchev–Trinajstić information content (AvgIpc) is 2.85. The molecule has 1 aromatic heterocycles. The molecule has 1 unspecified atom stereocenters. The second-order valence-corrected chi connectivity index (χ2v) is 6.09. The standard InChI is InChI=1S/C15H20BrN3O2/c1-3-4-14(20)17-8-10(2)9-18-15-19-12-7-11(16)5-6-13(12)21-15/h5-7,10H,3-4,8-9H2,1-2H3,(H,17,20)(H,18,19). The van der Waals surface area contributed by atoms with E-state index in [4.69, 9.17) is 4.42 Å². The minimum Gasteiger partial charge on any atom is -0.424 e. The number of anilines is 1. The SMILES string of the molecule is CCCC(=O)NCC(C)CNc1nc2cc(Br)ccc2o1. The molecule has 1 aromatic carbocycles. The highest BCUT2D eigenvalue weighted by atomic mass is 79.9. The van der Waals surface area contributed by atoms with Crippen LogP contribution in [-0.4, -0.2) is 24.0 Å². The van der Waals surface area contributed by atoms with Crippen molar-refractivity contribution in [3.8, 4) is 0 Å². The molecule has 1 heterocycles. The molecule has 1 atom stereocenters. The van der Waals surface area contributed by atoms with E-state index in [1.807, 2.05) is 25.1 Å². The van der Waals surface area contributed by atoms with Crippen molar-refractivity contribution in [2.75, 3.05) is 18.4 Å². The first-order valence-electron chi connectivity index (χ1n) is 7.15. The Labute approximate surface area is 132 Å². The van der Waals surface area contributed by atoms with Gasteiger partial charge >= 0.3 is 0 Å². The van der Waals surface area contributed by atoms with E-state index in [9.17, 15) is 4.79 Å². The molecule has 2 aromatic rings. The van der Waals surface area contributed by atoms with Crippen LogP contribution >= 0.6 is 15.9 Å². The number of oxazole rings is 1. The number of rotatable bonds is 7. The van der Waals surface area contributed by atoms with Gasteiger partial charge in [0, 0.05) is 24.0 Å². The van der Waals surface area contributed by atoms with Gasteiger partial charge in [-0.2, -0.15) is 4.98 Å². The lowest BCUT2D eigenvalue weighted by Gasteiger charge is -2.12. The third-order valence-corrected chi connectivity index (χ3v) is 3.57. The Balaban J connectivity index is 1.82. The van der Waals surface area contributed by atoms with E-state index in [0.29, 0.717) is 31.4 Å². The van der Waals surface area contributed by atoms with Gasteiger partial charge in [-0.05, 0) is 30.5 Å². The van der Waals surface area contributed by atoms with Gasteiger partial charge < -0.3 is 15.1 Å². The summed E-state index contributed by atoms with van der Waals surface area (Å²) in [6.45, 7) is 5.41. The van der Waals surface area contributed by atoms with Crippen LogP contribution in [0.2, 0.25) is 0 Å². The van der Waals surface area contributed by atoms with Crippen LogP contribution in [0.15, 0.2) is 27.1 Å². The molecule has 2 N–H and O–H groups in total. The molecule has 2 rings (SSSR count). The lowest BCUT2D eigenvalue weighted by molar-refractivity contribution is -0.121. The number of nitrogens with one attached hydrogen (secondary N) is 2. The minimum absolute atomic E-state index is 0.107. The van der Waals surface area contributed by atoms with E-state index < -0.39 is 0 Å². The number of amides is 1. The van der Waals surface area contributed by atoms with E-state index in [2.05, 4.69) is 38.5 Å². The van der Waals surface area contributed by atoms with Crippen molar-refractivity contribution in [3.63, 3.8) is 0 Å². The number of benzene rings is 1. The zero-order valence-corrected chi connectivity index (χ0v) is 13.9. The summed E-state index contributed by atoms with van der Waals surface area (Å²) in [6, 6.07) is 6.22. The maximum atomic E-state index is 11.4. The largest absolute Gasteiger partial charge is 0.424 e. The van der Waals surface area contributed by atoms with Crippen LogP contribution in [0.3, 0.4) is 0 Å². The Bertz CT molecular complexity index is 612. The van der Waals surface area contributed by atoms with Crippen LogP contribution < -0.4 is 10.6 Å². The van der Waals surface area contributed by atoms with E-state index >= 15 is 0 Å². The number of hydrogen-bond acceptors (Lipinski definition) is 4. The third kappa shape index (κ3) is 4.74. The van der Waals surface area contributed by atoms with E-state index in [1.165, 1.54) is 0 Å². The smallest absolute Gasteiger partial charge is 0.295 e. The van der Waals surface area contributed by atoms with Crippen LogP contribution in [0, 0.1) is 5.92 Å². The number of halogens is 1. The quantitative estimate of drug-likeness (QED) is 0.798. The number of carbonyl (C=O) groups excluding carboxylic acids is 1. The van der Waals surface area contributed by atoms with Crippen LogP contribution in [0.25, 0.3) is 11.1 Å². The monoisotopic (exact) mass is 353 g/mol. The third-order valence-electron chi connectivity index (χ3n) is 3.08. The van der Waals surface area contributed by atoms with Crippen molar-refractivity contribution in [2.45, 2.75) is 26.7 Å². The van der Waals surface area contributed by atoms with Crippen LogP contribution in [0.1, 0.15) is 26.7 Å². The fourth-order valence-corrected chi connectivity index (χ4v) is 2.26. The maximum absolute atomic E-state index is 11.4. The van der Waals surface area contributed by atoms with Crippen molar-refractivity contribution in [2.24, 2.45) is 5.92 Å². The fraction of sp³-hybridized carbons (Fsp3) is 0.467. The number of hydrogen-bond donors (Lipinski definition) is 2. The van der Waals surface area contributed by atoms with Crippen molar-refractivity contribution in [3.05, 3.63) is 22.7 Å². The summed E-state index contributed by atoms with van der Waals surface area (Å²) < 4.78 is 6.58. The van der Waals surface area contributed by atoms with Gasteiger partial charge in [0.05, 0.1) is 0 Å². The lowest BCUT2D eigenvalue weighted by Crippen LogP contribution is -2.30. The second kappa shape index (κ2) is 7.45. The second-order valence-electron chi connectivity index (χ2n) is 5.17. The molecule has 0 fully saturated rings. The predicted molar refractivity (Wildman–Crippen MR) is 87.3 cm³/mol. The molecule has 0 aliphatic heterocycles. The maximum Gasteiger partial charge on any atom is 0.295 e. The zero-order chi connectivity index (χ0) is 15.2. The normalized spacial score (nSPS) is 12.3. The summed E-state index contributed by atoms with van der Waals surface area (Å²) in [7, 11) is 0. The Morgan fingerprint density at radius 3 is 3.00 bits per heavy atom. The number of aromatic nitrogens is 1. The van der Waals surface area contributed by atoms with Crippen LogP contribution in [0.5, 0.6) is 0 Å². The molecule has 0 aliphatic rings. The molecule has 0 radical (unpaired) electrons. The zero-order valence-electron chi connectivity index (χ0n) is 12.3. The number of nitrogens with zero attached hydrogens (tertiary/aromatic N) is 1. The first kappa shape index (κ1) is 15.8. The summed E-state index contributed by atoms with van der Waals surface area (Å²) in [4.78, 5) is 15.8. The molecule has 0 saturated carbocycles. The van der Waals surface area contributed by atoms with Crippen LogP contribution in [-0.2, 0) is 4.79 Å². The van der Waals surface area contributed by atoms with Gasteiger partial charge in [0.25, 0.3) is 6.01 Å². The summed E-state index contributed by atoms with van der Waals surface area (Å²) in [5, 5.41) is 6.08. The summed E-state index contributed by atoms with van der Waals surface area (Å²) in [5.41, 5.74) is 1.57. The molecule has 1 amide bonds. The highest BCUT2D eigenvalue weighted by Crippen LogP contribution is 2.22. The fourth-order valence-electron chi connectivity index (χ4n) is 1.91. The lowest BCUT2D eigenvalue weighted by atomic mass is 10.2. The molecule has 0 bridgehead atoms. The van der Waals surface area contributed by atoms with Gasteiger partial charge in [-0.3, -0.25) is 4.79 Å². The molecule has 21 heavy (non-hydrogen) atoms. The van der Waals surface area contributed by atoms with Gasteiger partial charge in [-0.1, -0.05) is 29.8 Å². The Morgan fingerprint density at radius 2 is 2.24 bits per heavy atom. The van der Waals surface area contributed by atoms with Crippen molar-refractivity contribution in [1.82, 2.24) is 10.3 Å². The molecule has 0 aliphatic carbocycles. The van der Waals surface area contributed by atoms with Gasteiger partial charge in [0.15, 0.2) is 5.58 Å². The highest BCUT2D eigenvalue weighted by molar-refractivity contribution is 9.10. The molecule has 5 nitrogen and oxygen atoms in total. The topological polar surface area (TPSA) is 67.2 Å². The van der Waals surface area contributed by atoms with Crippen molar-refractivity contribution in [1.29, 1.82) is 0 Å². The van der Waals surface area contributed by atoms with Crippen molar-refractivity contribution < 1.29 is 9.21 Å². The van der Waals surface area contributed by atoms with Gasteiger partial charge in [0.1, 0.15) is 5.52 Å². The number of carbonyl (C=O) groups is 1. The molecule has 0 spiro atoms. The van der Waals surface area contributed by atoms with Gasteiger partial charge in [0.2, 0.25) is 5.91 Å². The Hall–Kier alpha value is -1.56. The summed E-state index contributed by atoms with van der Waals surface area (Å²) >= 11 is 3.41.